The van der Waals surface area contributed by atoms with Gasteiger partial charge >= 0.3 is 0 Å². The number of hydrogen-bond donors (Lipinski definition) is 1. The minimum atomic E-state index is -4.20. The van der Waals surface area contributed by atoms with E-state index in [4.69, 9.17) is 23.2 Å². The van der Waals surface area contributed by atoms with E-state index in [2.05, 4.69) is 5.32 Å². The van der Waals surface area contributed by atoms with Gasteiger partial charge in [-0.2, -0.15) is 0 Å². The Bertz CT molecular complexity index is 1780. The third-order valence-corrected chi connectivity index (χ3v) is 9.82. The van der Waals surface area contributed by atoms with Crippen molar-refractivity contribution in [3.8, 4) is 0 Å². The van der Waals surface area contributed by atoms with E-state index in [-0.39, 0.29) is 29.8 Å². The summed E-state index contributed by atoms with van der Waals surface area (Å²) in [7, 11) is -4.20. The number of hydrogen-bond acceptors (Lipinski definition) is 4. The van der Waals surface area contributed by atoms with Crippen LogP contribution in [0, 0.1) is 20.8 Å². The molecule has 0 bridgehead atoms. The summed E-state index contributed by atoms with van der Waals surface area (Å²) in [5, 5.41) is 3.70. The second-order valence-electron chi connectivity index (χ2n) is 11.8. The first-order valence-electron chi connectivity index (χ1n) is 15.0. The lowest BCUT2D eigenvalue weighted by molar-refractivity contribution is -0.140. The van der Waals surface area contributed by atoms with Gasteiger partial charge in [-0.05, 0) is 93.3 Å². The lowest BCUT2D eigenvalue weighted by atomic mass is 10.0. The second-order valence-corrected chi connectivity index (χ2v) is 14.5. The lowest BCUT2D eigenvalue weighted by Crippen LogP contribution is -2.54. The van der Waals surface area contributed by atoms with Crippen LogP contribution in [-0.2, 0) is 32.6 Å². The van der Waals surface area contributed by atoms with E-state index in [9.17, 15) is 18.0 Å². The summed E-state index contributed by atoms with van der Waals surface area (Å²) < 4.78 is 29.6. The Morgan fingerprint density at radius 3 is 2.02 bits per heavy atom. The Labute approximate surface area is 282 Å². The molecule has 1 N–H and O–H groups in total. The van der Waals surface area contributed by atoms with Crippen molar-refractivity contribution in [3.05, 3.63) is 129 Å². The van der Waals surface area contributed by atoms with E-state index < -0.39 is 28.5 Å². The summed E-state index contributed by atoms with van der Waals surface area (Å²) in [5.41, 5.74) is 4.34. The molecule has 0 radical (unpaired) electrons. The van der Waals surface area contributed by atoms with Gasteiger partial charge in [0.25, 0.3) is 10.0 Å². The number of nitrogens with zero attached hydrogens (tertiary/aromatic N) is 2. The molecule has 0 unspecified atom stereocenters. The van der Waals surface area contributed by atoms with Crippen LogP contribution in [0.1, 0.15) is 41.7 Å². The average molecular weight is 681 g/mol. The molecule has 46 heavy (non-hydrogen) atoms. The monoisotopic (exact) mass is 679 g/mol. The van der Waals surface area contributed by atoms with Crippen molar-refractivity contribution in [2.75, 3.05) is 10.8 Å². The molecule has 4 rings (SSSR count). The zero-order valence-corrected chi connectivity index (χ0v) is 29.0. The number of benzene rings is 4. The quantitative estimate of drug-likeness (QED) is 0.171. The molecule has 4 aromatic carbocycles. The van der Waals surface area contributed by atoms with Gasteiger partial charge < -0.3 is 10.2 Å². The number of sulfonamides is 1. The van der Waals surface area contributed by atoms with Crippen molar-refractivity contribution in [3.63, 3.8) is 0 Å². The van der Waals surface area contributed by atoms with Crippen LogP contribution in [0.5, 0.6) is 0 Å². The summed E-state index contributed by atoms with van der Waals surface area (Å²) in [4.78, 5) is 29.9. The minimum Gasteiger partial charge on any atom is -0.352 e. The van der Waals surface area contributed by atoms with E-state index in [0.29, 0.717) is 21.3 Å². The molecule has 10 heteroatoms. The molecule has 0 aliphatic carbocycles. The van der Waals surface area contributed by atoms with Crippen molar-refractivity contribution >= 4 is 50.7 Å². The molecule has 0 spiro atoms. The zero-order chi connectivity index (χ0) is 33.6. The Morgan fingerprint density at radius 2 is 1.43 bits per heavy atom. The van der Waals surface area contributed by atoms with Gasteiger partial charge in [-0.1, -0.05) is 83.4 Å². The summed E-state index contributed by atoms with van der Waals surface area (Å²) in [5.74, 6) is -0.933. The lowest BCUT2D eigenvalue weighted by Gasteiger charge is -2.34. The predicted molar refractivity (Wildman–Crippen MR) is 186 cm³/mol. The molecule has 4 aromatic rings. The molecule has 0 aliphatic rings. The van der Waals surface area contributed by atoms with Crippen LogP contribution < -0.4 is 9.62 Å². The number of nitrogens with one attached hydrogen (secondary N) is 1. The summed E-state index contributed by atoms with van der Waals surface area (Å²) >= 11 is 12.8. The number of aryl methyl sites for hydroxylation is 3. The first-order chi connectivity index (χ1) is 21.7. The van der Waals surface area contributed by atoms with E-state index in [1.54, 1.807) is 42.5 Å². The number of anilines is 1. The predicted octanol–water partition coefficient (Wildman–Crippen LogP) is 7.28. The molecular formula is C36H39Cl2N3O4S. The van der Waals surface area contributed by atoms with Gasteiger partial charge in [0.15, 0.2) is 0 Å². The summed E-state index contributed by atoms with van der Waals surface area (Å²) in [6.07, 6.45) is 0.199. The van der Waals surface area contributed by atoms with Crippen molar-refractivity contribution in [2.45, 2.75) is 64.6 Å². The first-order valence-corrected chi connectivity index (χ1v) is 17.2. The SMILES string of the molecule is Cc1ccc(S(=O)(=O)N(CC(=O)N(Cc2ccc(Cl)cc2Cl)[C@@H](Cc2ccccc2)C(=O)NC(C)C)c2cc(C)cc(C)c2)cc1. The van der Waals surface area contributed by atoms with Crippen molar-refractivity contribution < 1.29 is 18.0 Å². The highest BCUT2D eigenvalue weighted by molar-refractivity contribution is 7.92. The molecule has 0 aromatic heterocycles. The van der Waals surface area contributed by atoms with Gasteiger partial charge in [0.1, 0.15) is 12.6 Å². The van der Waals surface area contributed by atoms with Crippen LogP contribution in [0.3, 0.4) is 0 Å². The molecule has 2 amide bonds. The van der Waals surface area contributed by atoms with Crippen LogP contribution >= 0.6 is 23.2 Å². The highest BCUT2D eigenvalue weighted by Crippen LogP contribution is 2.28. The smallest absolute Gasteiger partial charge is 0.264 e. The molecule has 0 heterocycles. The fourth-order valence-corrected chi connectivity index (χ4v) is 7.10. The van der Waals surface area contributed by atoms with Gasteiger partial charge in [-0.25, -0.2) is 8.42 Å². The maximum atomic E-state index is 14.6. The van der Waals surface area contributed by atoms with Gasteiger partial charge in [0, 0.05) is 29.1 Å². The van der Waals surface area contributed by atoms with Crippen LogP contribution in [0.4, 0.5) is 5.69 Å². The Balaban J connectivity index is 1.85. The highest BCUT2D eigenvalue weighted by Gasteiger charge is 2.35. The minimum absolute atomic E-state index is 0.0516. The van der Waals surface area contributed by atoms with Crippen LogP contribution in [0.2, 0.25) is 10.0 Å². The van der Waals surface area contributed by atoms with Crippen molar-refractivity contribution in [1.82, 2.24) is 10.2 Å². The molecule has 0 aliphatic heterocycles. The zero-order valence-electron chi connectivity index (χ0n) is 26.6. The normalized spacial score (nSPS) is 12.1. The molecule has 1 atom stereocenters. The summed E-state index contributed by atoms with van der Waals surface area (Å²) in [6, 6.07) is 25.0. The van der Waals surface area contributed by atoms with E-state index >= 15 is 0 Å². The van der Waals surface area contributed by atoms with Crippen LogP contribution in [0.25, 0.3) is 0 Å². The van der Waals surface area contributed by atoms with Crippen LogP contribution in [0.15, 0.2) is 95.9 Å². The third-order valence-electron chi connectivity index (χ3n) is 7.44. The average Bonchev–Trinajstić information content (AvgIpc) is 2.98. The molecule has 7 nitrogen and oxygen atoms in total. The maximum Gasteiger partial charge on any atom is 0.264 e. The Kier molecular flexibility index (Phi) is 11.5. The first kappa shape index (κ1) is 35.0. The number of carbonyl (C=O) groups excluding carboxylic acids is 2. The van der Waals surface area contributed by atoms with Gasteiger partial charge in [-0.15, -0.1) is 0 Å². The second kappa shape index (κ2) is 15.2. The standard InChI is InChI=1S/C36H39Cl2N3O4S/c1-24(2)39-36(43)34(20-28-9-7-6-8-10-28)40(22-29-13-14-30(37)21-33(29)38)35(42)23-41(31-18-26(4)17-27(5)19-31)46(44,45)32-15-11-25(3)12-16-32/h6-19,21,24,34H,20,22-23H2,1-5H3,(H,39,43)/t34-/m0/s1. The number of carbonyl (C=O) groups is 2. The third kappa shape index (κ3) is 8.90. The van der Waals surface area contributed by atoms with Crippen molar-refractivity contribution in [1.29, 1.82) is 0 Å². The van der Waals surface area contributed by atoms with Crippen molar-refractivity contribution in [2.24, 2.45) is 0 Å². The molecular weight excluding hydrogens is 641 g/mol. The highest BCUT2D eigenvalue weighted by atomic mass is 35.5. The largest absolute Gasteiger partial charge is 0.352 e. The van der Waals surface area contributed by atoms with E-state index in [1.807, 2.05) is 71.0 Å². The molecule has 242 valence electrons. The van der Waals surface area contributed by atoms with Gasteiger partial charge in [-0.3, -0.25) is 13.9 Å². The maximum absolute atomic E-state index is 14.6. The van der Waals surface area contributed by atoms with Gasteiger partial charge in [0.2, 0.25) is 11.8 Å². The molecule has 0 fully saturated rings. The fourth-order valence-electron chi connectivity index (χ4n) is 5.23. The molecule has 0 saturated heterocycles. The topological polar surface area (TPSA) is 86.8 Å². The Hall–Kier alpha value is -3.85. The number of rotatable bonds is 12. The summed E-state index contributed by atoms with van der Waals surface area (Å²) in [6.45, 7) is 8.70. The number of halogens is 2. The van der Waals surface area contributed by atoms with Crippen LogP contribution in [-0.4, -0.2) is 43.8 Å². The number of amides is 2. The van der Waals surface area contributed by atoms with E-state index in [0.717, 1.165) is 26.6 Å². The van der Waals surface area contributed by atoms with Gasteiger partial charge in [0.05, 0.1) is 10.6 Å². The molecule has 0 saturated carbocycles. The van der Waals surface area contributed by atoms with E-state index in [1.165, 1.54) is 17.0 Å². The Morgan fingerprint density at radius 1 is 0.804 bits per heavy atom. The fraction of sp³-hybridized carbons (Fsp3) is 0.278.